The molecule has 0 spiro atoms. The highest BCUT2D eigenvalue weighted by Gasteiger charge is 2.22. The first kappa shape index (κ1) is 13.5. The third-order valence-electron chi connectivity index (χ3n) is 4.06. The Hall–Kier alpha value is -0.960. The van der Waals surface area contributed by atoms with Gasteiger partial charge in [0.05, 0.1) is 5.69 Å². The van der Waals surface area contributed by atoms with E-state index in [1.54, 1.807) is 12.4 Å². The van der Waals surface area contributed by atoms with Crippen molar-refractivity contribution in [2.24, 2.45) is 5.92 Å². The molecule has 0 unspecified atom stereocenters. The van der Waals surface area contributed by atoms with Gasteiger partial charge in [-0.15, -0.1) is 0 Å². The molecule has 2 rings (SSSR count). The van der Waals surface area contributed by atoms with Crippen molar-refractivity contribution in [1.82, 2.24) is 15.3 Å². The molecule has 1 aliphatic carbocycles. The van der Waals surface area contributed by atoms with E-state index in [4.69, 9.17) is 0 Å². The van der Waals surface area contributed by atoms with Crippen molar-refractivity contribution in [3.05, 3.63) is 24.3 Å². The van der Waals surface area contributed by atoms with E-state index in [1.807, 2.05) is 6.20 Å². The molecule has 0 amide bonds. The number of rotatable bonds is 5. The van der Waals surface area contributed by atoms with Crippen molar-refractivity contribution in [3.8, 4) is 0 Å². The maximum atomic E-state index is 4.36. The SMILES string of the molecule is CCCC1CCC(N[C@@H](C)c2cnccn2)CC1. The van der Waals surface area contributed by atoms with Crippen LogP contribution in [-0.2, 0) is 0 Å². The van der Waals surface area contributed by atoms with Crippen LogP contribution in [0.4, 0.5) is 0 Å². The van der Waals surface area contributed by atoms with Gasteiger partial charge >= 0.3 is 0 Å². The zero-order chi connectivity index (χ0) is 12.8. The van der Waals surface area contributed by atoms with E-state index in [9.17, 15) is 0 Å². The second-order valence-electron chi connectivity index (χ2n) is 5.52. The molecule has 1 aromatic rings. The second kappa shape index (κ2) is 6.83. The van der Waals surface area contributed by atoms with Gasteiger partial charge in [0.25, 0.3) is 0 Å². The summed E-state index contributed by atoms with van der Waals surface area (Å²) in [7, 11) is 0. The van der Waals surface area contributed by atoms with E-state index in [-0.39, 0.29) is 0 Å². The Bertz CT molecular complexity index is 331. The fourth-order valence-corrected chi connectivity index (χ4v) is 3.00. The second-order valence-corrected chi connectivity index (χ2v) is 5.52. The summed E-state index contributed by atoms with van der Waals surface area (Å²) in [5.41, 5.74) is 1.05. The van der Waals surface area contributed by atoms with E-state index < -0.39 is 0 Å². The predicted molar refractivity (Wildman–Crippen MR) is 74.2 cm³/mol. The highest BCUT2D eigenvalue weighted by atomic mass is 15.0. The Morgan fingerprint density at radius 3 is 2.67 bits per heavy atom. The normalized spacial score (nSPS) is 25.9. The Labute approximate surface area is 110 Å². The maximum absolute atomic E-state index is 4.36. The number of hydrogen-bond donors (Lipinski definition) is 1. The van der Waals surface area contributed by atoms with Gasteiger partial charge in [-0.3, -0.25) is 9.97 Å². The van der Waals surface area contributed by atoms with Crippen molar-refractivity contribution in [2.75, 3.05) is 0 Å². The van der Waals surface area contributed by atoms with Gasteiger partial charge < -0.3 is 5.32 Å². The summed E-state index contributed by atoms with van der Waals surface area (Å²) in [5.74, 6) is 0.972. The number of hydrogen-bond acceptors (Lipinski definition) is 3. The lowest BCUT2D eigenvalue weighted by Gasteiger charge is -2.31. The highest BCUT2D eigenvalue weighted by Crippen LogP contribution is 2.28. The Kier molecular flexibility index (Phi) is 5.12. The minimum atomic E-state index is 0.312. The monoisotopic (exact) mass is 247 g/mol. The van der Waals surface area contributed by atoms with Crippen LogP contribution in [0.5, 0.6) is 0 Å². The van der Waals surface area contributed by atoms with Gasteiger partial charge in [-0.25, -0.2) is 0 Å². The fraction of sp³-hybridized carbons (Fsp3) is 0.733. The van der Waals surface area contributed by atoms with Gasteiger partial charge in [0, 0.05) is 30.7 Å². The molecule has 0 saturated heterocycles. The summed E-state index contributed by atoms with van der Waals surface area (Å²) in [4.78, 5) is 8.50. The minimum Gasteiger partial charge on any atom is -0.306 e. The van der Waals surface area contributed by atoms with Crippen LogP contribution in [0.3, 0.4) is 0 Å². The van der Waals surface area contributed by atoms with Crippen LogP contribution < -0.4 is 5.32 Å². The molecule has 1 N–H and O–H groups in total. The minimum absolute atomic E-state index is 0.312. The number of nitrogens with zero attached hydrogens (tertiary/aromatic N) is 2. The summed E-state index contributed by atoms with van der Waals surface area (Å²) in [6.45, 7) is 4.47. The molecule has 1 aliphatic rings. The maximum Gasteiger partial charge on any atom is 0.0753 e. The van der Waals surface area contributed by atoms with Crippen molar-refractivity contribution >= 4 is 0 Å². The third-order valence-corrected chi connectivity index (χ3v) is 4.06. The lowest BCUT2D eigenvalue weighted by molar-refractivity contribution is 0.265. The quantitative estimate of drug-likeness (QED) is 0.865. The largest absolute Gasteiger partial charge is 0.306 e. The zero-order valence-electron chi connectivity index (χ0n) is 11.6. The van der Waals surface area contributed by atoms with Crippen LogP contribution in [-0.4, -0.2) is 16.0 Å². The van der Waals surface area contributed by atoms with Crippen LogP contribution in [0.2, 0.25) is 0 Å². The van der Waals surface area contributed by atoms with E-state index in [0.717, 1.165) is 11.6 Å². The molecular formula is C15H25N3. The lowest BCUT2D eigenvalue weighted by Crippen LogP contribution is -2.35. The van der Waals surface area contributed by atoms with E-state index in [0.29, 0.717) is 12.1 Å². The Balaban J connectivity index is 1.78. The molecule has 0 radical (unpaired) electrons. The van der Waals surface area contributed by atoms with Crippen LogP contribution in [0.1, 0.15) is 64.1 Å². The fourth-order valence-electron chi connectivity index (χ4n) is 3.00. The lowest BCUT2D eigenvalue weighted by atomic mass is 9.83. The summed E-state index contributed by atoms with van der Waals surface area (Å²) in [6.07, 6.45) is 13.5. The third kappa shape index (κ3) is 3.77. The van der Waals surface area contributed by atoms with Gasteiger partial charge in [-0.1, -0.05) is 19.8 Å². The van der Waals surface area contributed by atoms with Crippen LogP contribution >= 0.6 is 0 Å². The van der Waals surface area contributed by atoms with Crippen LogP contribution in [0.15, 0.2) is 18.6 Å². The molecule has 3 nitrogen and oxygen atoms in total. The number of aromatic nitrogens is 2. The molecule has 1 saturated carbocycles. The Morgan fingerprint density at radius 2 is 2.06 bits per heavy atom. The van der Waals surface area contributed by atoms with Crippen molar-refractivity contribution < 1.29 is 0 Å². The topological polar surface area (TPSA) is 37.8 Å². The van der Waals surface area contributed by atoms with E-state index in [1.165, 1.54) is 38.5 Å². The molecule has 3 heteroatoms. The first-order valence-corrected chi connectivity index (χ1v) is 7.31. The molecule has 0 aromatic carbocycles. The van der Waals surface area contributed by atoms with Gasteiger partial charge in [-0.05, 0) is 38.5 Å². The van der Waals surface area contributed by atoms with Gasteiger partial charge in [0.15, 0.2) is 0 Å². The Morgan fingerprint density at radius 1 is 1.28 bits per heavy atom. The van der Waals surface area contributed by atoms with Crippen LogP contribution in [0.25, 0.3) is 0 Å². The molecule has 100 valence electrons. The molecule has 1 heterocycles. The first-order valence-electron chi connectivity index (χ1n) is 7.31. The molecular weight excluding hydrogens is 222 g/mol. The van der Waals surface area contributed by atoms with Gasteiger partial charge in [0.2, 0.25) is 0 Å². The van der Waals surface area contributed by atoms with Crippen molar-refractivity contribution in [1.29, 1.82) is 0 Å². The first-order chi connectivity index (χ1) is 8.79. The van der Waals surface area contributed by atoms with Crippen molar-refractivity contribution in [2.45, 2.75) is 64.5 Å². The van der Waals surface area contributed by atoms with Crippen LogP contribution in [0, 0.1) is 5.92 Å². The molecule has 18 heavy (non-hydrogen) atoms. The van der Waals surface area contributed by atoms with Gasteiger partial charge in [-0.2, -0.15) is 0 Å². The van der Waals surface area contributed by atoms with Gasteiger partial charge in [0.1, 0.15) is 0 Å². The molecule has 1 fully saturated rings. The molecule has 1 aromatic heterocycles. The zero-order valence-corrected chi connectivity index (χ0v) is 11.6. The van der Waals surface area contributed by atoms with E-state index in [2.05, 4.69) is 29.1 Å². The summed E-state index contributed by atoms with van der Waals surface area (Å²) in [6, 6.07) is 0.974. The molecule has 0 bridgehead atoms. The predicted octanol–water partition coefficient (Wildman–Crippen LogP) is 3.49. The highest BCUT2D eigenvalue weighted by molar-refractivity contribution is 5.01. The smallest absolute Gasteiger partial charge is 0.0753 e. The van der Waals surface area contributed by atoms with Crippen molar-refractivity contribution in [3.63, 3.8) is 0 Å². The standard InChI is InChI=1S/C15H25N3/c1-3-4-13-5-7-14(8-6-13)18-12(2)15-11-16-9-10-17-15/h9-14,18H,3-8H2,1-2H3/t12-,13?,14?/m0/s1. The van der Waals surface area contributed by atoms with E-state index >= 15 is 0 Å². The summed E-state index contributed by atoms with van der Waals surface area (Å²) >= 11 is 0. The molecule has 1 atom stereocenters. The summed E-state index contributed by atoms with van der Waals surface area (Å²) < 4.78 is 0. The summed E-state index contributed by atoms with van der Waals surface area (Å²) in [5, 5.41) is 3.70. The average Bonchev–Trinajstić information content (AvgIpc) is 2.42. The molecule has 0 aliphatic heterocycles. The number of nitrogens with one attached hydrogen (secondary N) is 1. The average molecular weight is 247 g/mol.